The van der Waals surface area contributed by atoms with E-state index in [1.54, 1.807) is 0 Å². The van der Waals surface area contributed by atoms with Gasteiger partial charge in [0, 0.05) is 37.4 Å². The minimum Gasteiger partial charge on any atom is -0.507 e. The van der Waals surface area contributed by atoms with E-state index in [0.717, 1.165) is 80.5 Å². The van der Waals surface area contributed by atoms with Crippen molar-refractivity contribution < 1.29 is 9.90 Å². The second-order valence-electron chi connectivity index (χ2n) is 16.2. The molecule has 0 spiro atoms. The predicted octanol–water partition coefficient (Wildman–Crippen LogP) is 9.99. The number of likely N-dealkylation sites (tertiary alicyclic amines) is 1. The minimum absolute atomic E-state index is 0.0699. The number of carbonyl (C=O) groups is 1. The lowest BCUT2D eigenvalue weighted by atomic mass is 9.78. The molecule has 3 aromatic carbocycles. The lowest BCUT2D eigenvalue weighted by Crippen LogP contribution is -2.53. The van der Waals surface area contributed by atoms with Crippen molar-refractivity contribution in [2.24, 2.45) is 0 Å². The molecule has 2 amide bonds. The standard InChI is InChI=1S/C42H59N3O2/c1-41(2,3)36-28-32(29-37(39(36)46)42(4,5)6)22-23-33-18-14-15-21-38(33)43-40(47)45(34-19-12-7-8-13-20-34)35-24-26-44(27-25-35)30-31-16-10-9-11-17-31/h9-11,14-18,21,28-29,34-35,46H,7-8,12-13,19-20,22-27,30H2,1-6H3,(H,43,47). The summed E-state index contributed by atoms with van der Waals surface area (Å²) in [6.45, 7) is 16.0. The average molecular weight is 638 g/mol. The zero-order valence-electron chi connectivity index (χ0n) is 29.9. The van der Waals surface area contributed by atoms with Crippen LogP contribution in [0.25, 0.3) is 0 Å². The van der Waals surface area contributed by atoms with Crippen molar-refractivity contribution in [2.45, 2.75) is 135 Å². The van der Waals surface area contributed by atoms with Gasteiger partial charge in [0.15, 0.2) is 0 Å². The molecule has 0 unspecified atom stereocenters. The lowest BCUT2D eigenvalue weighted by molar-refractivity contribution is 0.0930. The molecule has 47 heavy (non-hydrogen) atoms. The fraction of sp³-hybridized carbons (Fsp3) is 0.548. The molecule has 0 atom stereocenters. The number of nitrogens with one attached hydrogen (secondary N) is 1. The highest BCUT2D eigenvalue weighted by atomic mass is 16.3. The second kappa shape index (κ2) is 15.3. The van der Waals surface area contributed by atoms with Gasteiger partial charge in [-0.25, -0.2) is 4.79 Å². The Bertz CT molecular complexity index is 1420. The zero-order valence-corrected chi connectivity index (χ0v) is 29.9. The molecule has 0 aromatic heterocycles. The van der Waals surface area contributed by atoms with Gasteiger partial charge in [-0.3, -0.25) is 4.90 Å². The van der Waals surface area contributed by atoms with Crippen LogP contribution in [0.15, 0.2) is 66.7 Å². The van der Waals surface area contributed by atoms with E-state index in [2.05, 4.69) is 117 Å². The highest BCUT2D eigenvalue weighted by Crippen LogP contribution is 2.40. The molecule has 254 valence electrons. The summed E-state index contributed by atoms with van der Waals surface area (Å²) in [7, 11) is 0. The largest absolute Gasteiger partial charge is 0.507 e. The molecule has 1 saturated carbocycles. The van der Waals surface area contributed by atoms with Gasteiger partial charge >= 0.3 is 6.03 Å². The maximum Gasteiger partial charge on any atom is 0.322 e. The van der Waals surface area contributed by atoms with Crippen molar-refractivity contribution in [3.05, 3.63) is 94.5 Å². The number of hydrogen-bond donors (Lipinski definition) is 2. The number of rotatable bonds is 8. The Morgan fingerprint density at radius 1 is 0.745 bits per heavy atom. The summed E-state index contributed by atoms with van der Waals surface area (Å²) in [5.74, 6) is 0.422. The fourth-order valence-electron chi connectivity index (χ4n) is 7.66. The number of phenols is 1. The van der Waals surface area contributed by atoms with Crippen LogP contribution in [0.4, 0.5) is 10.5 Å². The van der Waals surface area contributed by atoms with Crippen LogP contribution < -0.4 is 5.32 Å². The van der Waals surface area contributed by atoms with Gasteiger partial charge in [0.25, 0.3) is 0 Å². The summed E-state index contributed by atoms with van der Waals surface area (Å²) in [4.78, 5) is 19.2. The average Bonchev–Trinajstić information content (AvgIpc) is 3.31. The quantitative estimate of drug-likeness (QED) is 0.242. The summed E-state index contributed by atoms with van der Waals surface area (Å²) in [5, 5.41) is 14.7. The Morgan fingerprint density at radius 2 is 1.30 bits per heavy atom. The van der Waals surface area contributed by atoms with Crippen molar-refractivity contribution in [2.75, 3.05) is 18.4 Å². The van der Waals surface area contributed by atoms with Crippen molar-refractivity contribution in [1.29, 1.82) is 0 Å². The van der Waals surface area contributed by atoms with Gasteiger partial charge in [-0.1, -0.05) is 128 Å². The molecular formula is C42H59N3O2. The first-order valence-electron chi connectivity index (χ1n) is 18.2. The van der Waals surface area contributed by atoms with Gasteiger partial charge < -0.3 is 15.3 Å². The first kappa shape index (κ1) is 35.0. The van der Waals surface area contributed by atoms with E-state index in [1.165, 1.54) is 36.8 Å². The summed E-state index contributed by atoms with van der Waals surface area (Å²) in [6.07, 6.45) is 10.9. The molecule has 5 rings (SSSR count). The topological polar surface area (TPSA) is 55.8 Å². The van der Waals surface area contributed by atoms with Gasteiger partial charge in [-0.15, -0.1) is 0 Å². The van der Waals surface area contributed by atoms with Gasteiger partial charge in [0.2, 0.25) is 0 Å². The molecule has 1 aliphatic carbocycles. The molecule has 1 saturated heterocycles. The van der Waals surface area contributed by atoms with Gasteiger partial charge in [0.1, 0.15) is 5.75 Å². The molecule has 5 heteroatoms. The van der Waals surface area contributed by atoms with Crippen LogP contribution in [0.5, 0.6) is 5.75 Å². The van der Waals surface area contributed by atoms with Crippen molar-refractivity contribution in [1.82, 2.24) is 9.80 Å². The number of carbonyl (C=O) groups excluding carboxylic acids is 1. The summed E-state index contributed by atoms with van der Waals surface area (Å²) >= 11 is 0. The SMILES string of the molecule is CC(C)(C)c1cc(CCc2ccccc2NC(=O)N(C2CCCCCC2)C2CCN(Cc3ccccc3)CC2)cc(C(C)(C)C)c1O. The molecule has 0 radical (unpaired) electrons. The van der Waals surface area contributed by atoms with E-state index < -0.39 is 0 Å². The van der Waals surface area contributed by atoms with Crippen molar-refractivity contribution in [3.8, 4) is 5.75 Å². The molecule has 2 fully saturated rings. The zero-order chi connectivity index (χ0) is 33.6. The number of benzene rings is 3. The number of hydrogen-bond acceptors (Lipinski definition) is 3. The van der Waals surface area contributed by atoms with Crippen LogP contribution in [-0.2, 0) is 30.2 Å². The van der Waals surface area contributed by atoms with Gasteiger partial charge in [0.05, 0.1) is 0 Å². The second-order valence-corrected chi connectivity index (χ2v) is 16.2. The summed E-state index contributed by atoms with van der Waals surface area (Å²) in [6, 6.07) is 24.1. The molecule has 5 nitrogen and oxygen atoms in total. The fourth-order valence-corrected chi connectivity index (χ4v) is 7.66. The van der Waals surface area contributed by atoms with E-state index in [9.17, 15) is 9.90 Å². The number of aromatic hydroxyl groups is 1. The third kappa shape index (κ3) is 9.19. The molecular weight excluding hydrogens is 578 g/mol. The Hall–Kier alpha value is -3.31. The monoisotopic (exact) mass is 637 g/mol. The molecule has 1 heterocycles. The number of piperidine rings is 1. The van der Waals surface area contributed by atoms with Crippen LogP contribution >= 0.6 is 0 Å². The summed E-state index contributed by atoms with van der Waals surface area (Å²) in [5.41, 5.74) is 6.32. The third-order valence-corrected chi connectivity index (χ3v) is 10.4. The van der Waals surface area contributed by atoms with E-state index in [-0.39, 0.29) is 22.9 Å². The Morgan fingerprint density at radius 3 is 1.89 bits per heavy atom. The normalized spacial score (nSPS) is 17.3. The number of urea groups is 1. The Kier molecular flexibility index (Phi) is 11.4. The van der Waals surface area contributed by atoms with E-state index in [0.29, 0.717) is 11.8 Å². The van der Waals surface area contributed by atoms with Crippen LogP contribution in [0.1, 0.15) is 121 Å². The number of amides is 2. The highest BCUT2D eigenvalue weighted by Gasteiger charge is 2.34. The molecule has 2 N–H and O–H groups in total. The third-order valence-electron chi connectivity index (χ3n) is 10.4. The number of para-hydroxylation sites is 1. The number of phenolic OH excluding ortho intramolecular Hbond substituents is 1. The first-order valence-corrected chi connectivity index (χ1v) is 18.2. The van der Waals surface area contributed by atoms with Crippen LogP contribution in [0, 0.1) is 0 Å². The molecule has 2 aliphatic rings. The number of aryl methyl sites for hydroxylation is 2. The molecule has 1 aliphatic heterocycles. The highest BCUT2D eigenvalue weighted by molar-refractivity contribution is 5.90. The molecule has 0 bridgehead atoms. The molecule has 3 aromatic rings. The minimum atomic E-state index is -0.162. The van der Waals surface area contributed by atoms with Crippen molar-refractivity contribution >= 4 is 11.7 Å². The number of nitrogens with zero attached hydrogens (tertiary/aromatic N) is 2. The number of anilines is 1. The van der Waals surface area contributed by atoms with E-state index in [1.807, 2.05) is 6.07 Å². The van der Waals surface area contributed by atoms with E-state index in [4.69, 9.17) is 0 Å². The van der Waals surface area contributed by atoms with Crippen LogP contribution in [-0.4, -0.2) is 46.1 Å². The smallest absolute Gasteiger partial charge is 0.322 e. The first-order chi connectivity index (χ1) is 22.4. The lowest BCUT2D eigenvalue weighted by Gasteiger charge is -2.42. The van der Waals surface area contributed by atoms with E-state index >= 15 is 0 Å². The maximum atomic E-state index is 14.3. The van der Waals surface area contributed by atoms with Crippen LogP contribution in [0.3, 0.4) is 0 Å². The summed E-state index contributed by atoms with van der Waals surface area (Å²) < 4.78 is 0. The van der Waals surface area contributed by atoms with Crippen molar-refractivity contribution in [3.63, 3.8) is 0 Å². The van der Waals surface area contributed by atoms with Gasteiger partial charge in [-0.05, 0) is 83.2 Å². The predicted molar refractivity (Wildman–Crippen MR) is 196 cm³/mol. The maximum absolute atomic E-state index is 14.3. The Labute approximate surface area is 284 Å². The van der Waals surface area contributed by atoms with Gasteiger partial charge in [-0.2, -0.15) is 0 Å². The Balaban J connectivity index is 1.32. The van der Waals surface area contributed by atoms with Crippen LogP contribution in [0.2, 0.25) is 0 Å².